The Morgan fingerprint density at radius 2 is 1.91 bits per heavy atom. The molecular weight excluding hydrogens is 443 g/mol. The van der Waals surface area contributed by atoms with Gasteiger partial charge < -0.3 is 20.1 Å². The Morgan fingerprint density at radius 1 is 1.21 bits per heavy atom. The molecule has 11 heteroatoms. The van der Waals surface area contributed by atoms with Crippen LogP contribution in [0, 0.1) is 0 Å². The number of carboxylic acid groups (broad SMARTS) is 1. The number of ether oxygens (including phenoxy) is 1. The number of rotatable bonds is 8. The highest BCUT2D eigenvalue weighted by molar-refractivity contribution is 5.89. The van der Waals surface area contributed by atoms with Crippen LogP contribution in [0.15, 0.2) is 36.5 Å². The maximum Gasteiger partial charge on any atom is 0.415 e. The molecule has 3 heterocycles. The molecule has 0 saturated carbocycles. The Balaban J connectivity index is 1.29. The van der Waals surface area contributed by atoms with Crippen LogP contribution in [0.25, 0.3) is 0 Å². The lowest BCUT2D eigenvalue weighted by Gasteiger charge is -2.33. The maximum absolute atomic E-state index is 14.7. The molecule has 2 aliphatic heterocycles. The zero-order valence-electron chi connectivity index (χ0n) is 19.1. The van der Waals surface area contributed by atoms with Gasteiger partial charge in [-0.05, 0) is 23.6 Å². The number of hydrogen-bond acceptors (Lipinski definition) is 7. The van der Waals surface area contributed by atoms with Crippen molar-refractivity contribution in [1.82, 2.24) is 19.8 Å². The van der Waals surface area contributed by atoms with E-state index in [-0.39, 0.29) is 18.4 Å². The van der Waals surface area contributed by atoms with Crippen molar-refractivity contribution < 1.29 is 23.8 Å². The summed E-state index contributed by atoms with van der Waals surface area (Å²) >= 11 is 0. The first-order valence-electron chi connectivity index (χ1n) is 11.4. The molecule has 2 aromatic rings. The van der Waals surface area contributed by atoms with Gasteiger partial charge in [0, 0.05) is 45.3 Å². The summed E-state index contributed by atoms with van der Waals surface area (Å²) < 4.78 is 19.8. The number of piperazine rings is 1. The van der Waals surface area contributed by atoms with E-state index in [1.54, 1.807) is 6.07 Å². The molecule has 0 aliphatic carbocycles. The van der Waals surface area contributed by atoms with Gasteiger partial charge in [0.25, 0.3) is 0 Å². The first kappa shape index (κ1) is 23.7. The largest absolute Gasteiger partial charge is 0.465 e. The van der Waals surface area contributed by atoms with Gasteiger partial charge in [-0.3, -0.25) is 9.80 Å². The average molecular weight is 473 g/mol. The fraction of sp³-hybridized carbons (Fsp3) is 0.478. The van der Waals surface area contributed by atoms with Gasteiger partial charge in [0.2, 0.25) is 5.95 Å². The van der Waals surface area contributed by atoms with Crippen molar-refractivity contribution >= 4 is 24.0 Å². The molecule has 2 N–H and O–H groups in total. The van der Waals surface area contributed by atoms with Crippen molar-refractivity contribution in [2.45, 2.75) is 38.6 Å². The lowest BCUT2D eigenvalue weighted by atomic mass is 10.1. The van der Waals surface area contributed by atoms with Crippen molar-refractivity contribution in [3.8, 4) is 0 Å². The van der Waals surface area contributed by atoms with Gasteiger partial charge in [0.05, 0.1) is 6.04 Å². The number of anilines is 2. The monoisotopic (exact) mass is 472 g/mol. The number of nitrogens with one attached hydrogen (secondary N) is 1. The minimum atomic E-state index is -1.40. The fourth-order valence-corrected chi connectivity index (χ4v) is 4.13. The molecule has 1 aromatic carbocycles. The first-order chi connectivity index (χ1) is 16.4. The Labute approximate surface area is 197 Å². The van der Waals surface area contributed by atoms with E-state index < -0.39 is 18.5 Å². The van der Waals surface area contributed by atoms with Crippen LogP contribution in [0.1, 0.15) is 24.5 Å². The summed E-state index contributed by atoms with van der Waals surface area (Å²) in [6.45, 7) is 5.39. The number of cyclic esters (lactones) is 1. The summed E-state index contributed by atoms with van der Waals surface area (Å²) in [6.07, 6.45) is -0.400. The summed E-state index contributed by atoms with van der Waals surface area (Å²) in [4.78, 5) is 36.5. The Kier molecular flexibility index (Phi) is 7.41. The van der Waals surface area contributed by atoms with E-state index in [1.807, 2.05) is 31.2 Å². The SMILES string of the molecule is CC[C@H]1COC(=O)N1c1ccnc(NC(F)Cc2ccc(CN3CCN(C(=O)O)CC3)cc2)n1. The number of halogens is 1. The van der Waals surface area contributed by atoms with Crippen LogP contribution in [-0.4, -0.2) is 82.2 Å². The van der Waals surface area contributed by atoms with Crippen LogP contribution in [0.3, 0.4) is 0 Å². The zero-order valence-corrected chi connectivity index (χ0v) is 19.1. The number of carbonyl (C=O) groups is 2. The molecule has 10 nitrogen and oxygen atoms in total. The van der Waals surface area contributed by atoms with Crippen LogP contribution in [0.5, 0.6) is 0 Å². The molecule has 1 unspecified atom stereocenters. The molecule has 4 rings (SSSR count). The minimum Gasteiger partial charge on any atom is -0.465 e. The van der Waals surface area contributed by atoms with E-state index in [0.717, 1.165) is 24.1 Å². The van der Waals surface area contributed by atoms with Gasteiger partial charge in [-0.2, -0.15) is 4.98 Å². The first-order valence-corrected chi connectivity index (χ1v) is 11.4. The smallest absolute Gasteiger partial charge is 0.415 e. The third-order valence-corrected chi connectivity index (χ3v) is 6.09. The van der Waals surface area contributed by atoms with Gasteiger partial charge in [0.1, 0.15) is 12.4 Å². The van der Waals surface area contributed by atoms with Gasteiger partial charge in [0.15, 0.2) is 6.30 Å². The summed E-state index contributed by atoms with van der Waals surface area (Å²) in [5, 5.41) is 11.7. The number of hydrogen-bond donors (Lipinski definition) is 2. The van der Waals surface area contributed by atoms with Crippen LogP contribution in [0.4, 0.5) is 25.7 Å². The molecule has 2 atom stereocenters. The molecular formula is C23H29FN6O4. The van der Waals surface area contributed by atoms with Crippen LogP contribution in [-0.2, 0) is 17.7 Å². The van der Waals surface area contributed by atoms with Crippen LogP contribution in [0.2, 0.25) is 0 Å². The van der Waals surface area contributed by atoms with Gasteiger partial charge in [-0.1, -0.05) is 31.2 Å². The van der Waals surface area contributed by atoms with Crippen molar-refractivity contribution in [3.63, 3.8) is 0 Å². The number of benzene rings is 1. The normalized spacial score (nSPS) is 19.7. The summed E-state index contributed by atoms with van der Waals surface area (Å²) in [7, 11) is 0. The topological polar surface area (TPSA) is 111 Å². The predicted molar refractivity (Wildman–Crippen MR) is 123 cm³/mol. The van der Waals surface area contributed by atoms with E-state index in [4.69, 9.17) is 9.84 Å². The molecule has 2 saturated heterocycles. The van der Waals surface area contributed by atoms with Gasteiger partial charge in [-0.25, -0.2) is 19.0 Å². The van der Waals surface area contributed by atoms with Crippen molar-refractivity contribution in [2.75, 3.05) is 43.0 Å². The Hall–Kier alpha value is -3.47. The Morgan fingerprint density at radius 3 is 2.59 bits per heavy atom. The molecule has 2 fully saturated rings. The third kappa shape index (κ3) is 5.71. The standard InChI is InChI=1S/C23H29FN6O4/c1-2-18-15-34-23(33)30(18)20-7-8-25-21(27-20)26-19(24)13-16-3-5-17(6-4-16)14-28-9-11-29(12-10-28)22(31)32/h3-8,18-19H,2,9-15H2,1H3,(H,31,32)(H,25,26,27)/t18-,19?/m0/s1. The molecule has 2 amide bonds. The minimum absolute atomic E-state index is 0.101. The van der Waals surface area contributed by atoms with Crippen LogP contribution >= 0.6 is 0 Å². The van der Waals surface area contributed by atoms with E-state index in [0.29, 0.717) is 38.6 Å². The lowest BCUT2D eigenvalue weighted by Crippen LogP contribution is -2.47. The van der Waals surface area contributed by atoms with E-state index in [2.05, 4.69) is 20.2 Å². The van der Waals surface area contributed by atoms with E-state index >= 15 is 0 Å². The molecule has 0 bridgehead atoms. The maximum atomic E-state index is 14.7. The van der Waals surface area contributed by atoms with Gasteiger partial charge >= 0.3 is 12.2 Å². The number of carbonyl (C=O) groups excluding carboxylic acids is 1. The molecule has 0 spiro atoms. The fourth-order valence-electron chi connectivity index (χ4n) is 4.13. The van der Waals surface area contributed by atoms with Crippen molar-refractivity contribution in [3.05, 3.63) is 47.7 Å². The molecule has 182 valence electrons. The molecule has 2 aliphatic rings. The highest BCUT2D eigenvalue weighted by Crippen LogP contribution is 2.23. The molecule has 0 radical (unpaired) electrons. The molecule has 1 aromatic heterocycles. The number of alkyl halides is 1. The zero-order chi connectivity index (χ0) is 24.1. The quantitative estimate of drug-likeness (QED) is 0.564. The van der Waals surface area contributed by atoms with E-state index in [1.165, 1.54) is 16.0 Å². The number of amides is 2. The van der Waals surface area contributed by atoms with Crippen molar-refractivity contribution in [2.24, 2.45) is 0 Å². The highest BCUT2D eigenvalue weighted by Gasteiger charge is 2.34. The number of aromatic nitrogens is 2. The second kappa shape index (κ2) is 10.6. The Bertz CT molecular complexity index is 999. The summed E-state index contributed by atoms with van der Waals surface area (Å²) in [6, 6.07) is 9.21. The second-order valence-electron chi connectivity index (χ2n) is 8.43. The average Bonchev–Trinajstić information content (AvgIpc) is 3.21. The van der Waals surface area contributed by atoms with Crippen molar-refractivity contribution in [1.29, 1.82) is 0 Å². The van der Waals surface area contributed by atoms with Crippen LogP contribution < -0.4 is 10.2 Å². The lowest BCUT2D eigenvalue weighted by molar-refractivity contribution is 0.103. The third-order valence-electron chi connectivity index (χ3n) is 6.09. The molecule has 34 heavy (non-hydrogen) atoms. The second-order valence-corrected chi connectivity index (χ2v) is 8.43. The number of nitrogens with zero attached hydrogens (tertiary/aromatic N) is 5. The van der Waals surface area contributed by atoms with Gasteiger partial charge in [-0.15, -0.1) is 0 Å². The summed E-state index contributed by atoms with van der Waals surface area (Å²) in [5.74, 6) is 0.490. The highest BCUT2D eigenvalue weighted by atomic mass is 19.1. The van der Waals surface area contributed by atoms with E-state index in [9.17, 15) is 14.0 Å². The summed E-state index contributed by atoms with van der Waals surface area (Å²) in [5.41, 5.74) is 1.92. The predicted octanol–water partition coefficient (Wildman–Crippen LogP) is 2.96.